The molecule has 1 saturated heterocycles. The van der Waals surface area contributed by atoms with Gasteiger partial charge in [-0.1, -0.05) is 0 Å². The molecule has 2 aliphatic rings. The van der Waals surface area contributed by atoms with Crippen LogP contribution in [0.1, 0.15) is 32.1 Å². The van der Waals surface area contributed by atoms with Crippen LogP contribution in [0.2, 0.25) is 0 Å². The van der Waals surface area contributed by atoms with Crippen LogP contribution in [0.5, 0.6) is 0 Å². The smallest absolute Gasteiger partial charge is 0.236 e. The van der Waals surface area contributed by atoms with Crippen LogP contribution in [0.15, 0.2) is 0 Å². The van der Waals surface area contributed by atoms with Gasteiger partial charge in [0.2, 0.25) is 5.91 Å². The molecule has 2 fully saturated rings. The standard InChI is InChI=1S/C12H20N2O2/c1-13-7-2-8-14(9-12(13)16)10-3-5-11(15)6-4-10/h10H,2-9H2,1H3. The average molecular weight is 224 g/mol. The van der Waals surface area contributed by atoms with Gasteiger partial charge in [0.15, 0.2) is 0 Å². The molecule has 0 atom stereocenters. The molecule has 1 heterocycles. The van der Waals surface area contributed by atoms with Crippen LogP contribution >= 0.6 is 0 Å². The van der Waals surface area contributed by atoms with Crippen LogP contribution in [0, 0.1) is 0 Å². The second-order valence-corrected chi connectivity index (χ2v) is 4.91. The van der Waals surface area contributed by atoms with Crippen LogP contribution in [0.4, 0.5) is 0 Å². The minimum absolute atomic E-state index is 0.217. The lowest BCUT2D eigenvalue weighted by Crippen LogP contribution is -2.42. The number of hydrogen-bond donors (Lipinski definition) is 0. The first-order chi connectivity index (χ1) is 7.66. The highest BCUT2D eigenvalue weighted by atomic mass is 16.2. The Hall–Kier alpha value is -0.900. The zero-order valence-electron chi connectivity index (χ0n) is 9.95. The van der Waals surface area contributed by atoms with E-state index in [1.165, 1.54) is 0 Å². The molecule has 2 rings (SSSR count). The van der Waals surface area contributed by atoms with Crippen LogP contribution in [0.25, 0.3) is 0 Å². The summed E-state index contributed by atoms with van der Waals surface area (Å²) in [5.74, 6) is 0.601. The summed E-state index contributed by atoms with van der Waals surface area (Å²) < 4.78 is 0. The Morgan fingerprint density at radius 3 is 2.50 bits per heavy atom. The molecule has 0 spiro atoms. The number of hydrogen-bond acceptors (Lipinski definition) is 3. The van der Waals surface area contributed by atoms with Gasteiger partial charge in [0, 0.05) is 39.0 Å². The summed E-state index contributed by atoms with van der Waals surface area (Å²) in [6.45, 7) is 2.39. The number of likely N-dealkylation sites (N-methyl/N-ethyl adjacent to an activating group) is 1. The molecule has 1 aliphatic carbocycles. The molecule has 0 aromatic rings. The normalized spacial score (nSPS) is 25.9. The molecule has 4 heteroatoms. The van der Waals surface area contributed by atoms with Gasteiger partial charge in [0.1, 0.15) is 5.78 Å². The van der Waals surface area contributed by atoms with Gasteiger partial charge in [0.25, 0.3) is 0 Å². The number of amides is 1. The molecule has 0 radical (unpaired) electrons. The van der Waals surface area contributed by atoms with Crippen molar-refractivity contribution < 1.29 is 9.59 Å². The first-order valence-electron chi connectivity index (χ1n) is 6.16. The highest BCUT2D eigenvalue weighted by Gasteiger charge is 2.28. The first-order valence-corrected chi connectivity index (χ1v) is 6.16. The Balaban J connectivity index is 1.93. The predicted molar refractivity (Wildman–Crippen MR) is 61.1 cm³/mol. The Labute approximate surface area is 96.6 Å². The highest BCUT2D eigenvalue weighted by molar-refractivity contribution is 5.79. The quantitative estimate of drug-likeness (QED) is 0.657. The Bertz CT molecular complexity index is 281. The fourth-order valence-electron chi connectivity index (χ4n) is 2.61. The van der Waals surface area contributed by atoms with Crippen molar-refractivity contribution in [2.45, 2.75) is 38.1 Å². The topological polar surface area (TPSA) is 40.6 Å². The lowest BCUT2D eigenvalue weighted by atomic mass is 9.93. The van der Waals surface area contributed by atoms with E-state index in [2.05, 4.69) is 4.90 Å². The van der Waals surface area contributed by atoms with Gasteiger partial charge in [-0.3, -0.25) is 14.5 Å². The molecule has 0 unspecified atom stereocenters. The van der Waals surface area contributed by atoms with E-state index < -0.39 is 0 Å². The first kappa shape index (κ1) is 11.6. The fourth-order valence-corrected chi connectivity index (χ4v) is 2.61. The number of nitrogens with zero attached hydrogens (tertiary/aromatic N) is 2. The van der Waals surface area contributed by atoms with E-state index in [0.717, 1.165) is 32.4 Å². The fraction of sp³-hybridized carbons (Fsp3) is 0.833. The lowest BCUT2D eigenvalue weighted by molar-refractivity contribution is -0.130. The number of carbonyl (C=O) groups excluding carboxylic acids is 2. The minimum atomic E-state index is 0.217. The van der Waals surface area contributed by atoms with Gasteiger partial charge in [-0.2, -0.15) is 0 Å². The van der Waals surface area contributed by atoms with Gasteiger partial charge < -0.3 is 4.90 Å². The number of rotatable bonds is 1. The molecule has 0 aromatic heterocycles. The summed E-state index contributed by atoms with van der Waals surface area (Å²) in [5.41, 5.74) is 0. The molecule has 1 amide bonds. The lowest BCUT2D eigenvalue weighted by Gasteiger charge is -2.32. The third kappa shape index (κ3) is 2.61. The van der Waals surface area contributed by atoms with Crippen molar-refractivity contribution in [3.63, 3.8) is 0 Å². The largest absolute Gasteiger partial charge is 0.345 e. The highest BCUT2D eigenvalue weighted by Crippen LogP contribution is 2.21. The summed E-state index contributed by atoms with van der Waals surface area (Å²) in [5, 5.41) is 0. The SMILES string of the molecule is CN1CCCN(C2CCC(=O)CC2)CC1=O. The predicted octanol–water partition coefficient (Wildman–Crippen LogP) is 0.662. The third-order valence-corrected chi connectivity index (χ3v) is 3.73. The van der Waals surface area contributed by atoms with Gasteiger partial charge in [0.05, 0.1) is 6.54 Å². The maximum Gasteiger partial charge on any atom is 0.236 e. The molecule has 4 nitrogen and oxygen atoms in total. The number of Topliss-reactive ketones (excluding diaryl/α,β-unsaturated/α-hetero) is 1. The van der Waals surface area contributed by atoms with Crippen molar-refractivity contribution >= 4 is 11.7 Å². The van der Waals surface area contributed by atoms with Crippen LogP contribution in [-0.2, 0) is 9.59 Å². The van der Waals surface area contributed by atoms with Crippen molar-refractivity contribution in [2.24, 2.45) is 0 Å². The molecule has 0 N–H and O–H groups in total. The summed E-state index contributed by atoms with van der Waals surface area (Å²) in [6.07, 6.45) is 4.33. The molecule has 90 valence electrons. The summed E-state index contributed by atoms with van der Waals surface area (Å²) >= 11 is 0. The van der Waals surface area contributed by atoms with E-state index in [1.807, 2.05) is 11.9 Å². The Morgan fingerprint density at radius 2 is 1.81 bits per heavy atom. The van der Waals surface area contributed by atoms with Crippen LogP contribution < -0.4 is 0 Å². The maximum absolute atomic E-state index is 11.7. The molecule has 1 aliphatic heterocycles. The van der Waals surface area contributed by atoms with E-state index in [1.54, 1.807) is 0 Å². The monoisotopic (exact) mass is 224 g/mol. The maximum atomic E-state index is 11.7. The van der Waals surface area contributed by atoms with Crippen LogP contribution in [0.3, 0.4) is 0 Å². The van der Waals surface area contributed by atoms with Crippen molar-refractivity contribution in [1.82, 2.24) is 9.80 Å². The molecule has 0 aromatic carbocycles. The Kier molecular flexibility index (Phi) is 3.59. The number of ketones is 1. The summed E-state index contributed by atoms with van der Waals surface area (Å²) in [4.78, 5) is 27.0. The van der Waals surface area contributed by atoms with Crippen molar-refractivity contribution in [3.05, 3.63) is 0 Å². The molecular weight excluding hydrogens is 204 g/mol. The van der Waals surface area contributed by atoms with Gasteiger partial charge in [-0.05, 0) is 19.3 Å². The van der Waals surface area contributed by atoms with E-state index in [-0.39, 0.29) is 5.91 Å². The van der Waals surface area contributed by atoms with E-state index in [4.69, 9.17) is 0 Å². The van der Waals surface area contributed by atoms with Crippen molar-refractivity contribution in [3.8, 4) is 0 Å². The molecule has 1 saturated carbocycles. The van der Waals surface area contributed by atoms with E-state index in [0.29, 0.717) is 31.2 Å². The van der Waals surface area contributed by atoms with Gasteiger partial charge >= 0.3 is 0 Å². The summed E-state index contributed by atoms with van der Waals surface area (Å²) in [7, 11) is 1.87. The Morgan fingerprint density at radius 1 is 1.12 bits per heavy atom. The minimum Gasteiger partial charge on any atom is -0.345 e. The average Bonchev–Trinajstić information content (AvgIpc) is 2.43. The van der Waals surface area contributed by atoms with Gasteiger partial charge in [-0.15, -0.1) is 0 Å². The van der Waals surface area contributed by atoms with E-state index in [9.17, 15) is 9.59 Å². The second kappa shape index (κ2) is 4.95. The van der Waals surface area contributed by atoms with Crippen molar-refractivity contribution in [1.29, 1.82) is 0 Å². The molecular formula is C12H20N2O2. The zero-order chi connectivity index (χ0) is 11.5. The van der Waals surface area contributed by atoms with E-state index >= 15 is 0 Å². The number of carbonyl (C=O) groups is 2. The zero-order valence-corrected chi connectivity index (χ0v) is 9.95. The second-order valence-electron chi connectivity index (χ2n) is 4.91. The molecule has 16 heavy (non-hydrogen) atoms. The van der Waals surface area contributed by atoms with Gasteiger partial charge in [-0.25, -0.2) is 0 Å². The van der Waals surface area contributed by atoms with Crippen LogP contribution in [-0.4, -0.2) is 54.2 Å². The summed E-state index contributed by atoms with van der Waals surface area (Å²) in [6, 6.07) is 0.452. The molecule has 0 bridgehead atoms. The third-order valence-electron chi connectivity index (χ3n) is 3.73. The van der Waals surface area contributed by atoms with Crippen molar-refractivity contribution in [2.75, 3.05) is 26.7 Å².